The van der Waals surface area contributed by atoms with Crippen molar-refractivity contribution in [2.24, 2.45) is 4.99 Å². The van der Waals surface area contributed by atoms with Crippen LogP contribution >= 0.6 is 0 Å². The molecule has 0 fully saturated rings. The largest absolute Gasteiger partial charge is 0.295 e. The van der Waals surface area contributed by atoms with Crippen LogP contribution in [-0.2, 0) is 4.79 Å². The van der Waals surface area contributed by atoms with Gasteiger partial charge in [-0.3, -0.25) is 14.6 Å². The second-order valence-corrected chi connectivity index (χ2v) is 4.09. The molecule has 0 heterocycles. The first-order chi connectivity index (χ1) is 9.15. The summed E-state index contributed by atoms with van der Waals surface area (Å²) in [7, 11) is 0. The number of hydrogen-bond acceptors (Lipinski definition) is 3. The van der Waals surface area contributed by atoms with Crippen molar-refractivity contribution in [2.75, 3.05) is 0 Å². The number of benzene rings is 1. The molecule has 1 rings (SSSR count). The van der Waals surface area contributed by atoms with Gasteiger partial charge in [0.25, 0.3) is 0 Å². The van der Waals surface area contributed by atoms with Crippen LogP contribution in [0.1, 0.15) is 30.1 Å². The van der Waals surface area contributed by atoms with Gasteiger partial charge >= 0.3 is 0 Å². The second kappa shape index (κ2) is 7.93. The first kappa shape index (κ1) is 14.8. The number of rotatable bonds is 7. The van der Waals surface area contributed by atoms with E-state index in [1.807, 2.05) is 18.2 Å². The number of hydrogen-bond donors (Lipinski definition) is 0. The molecule has 0 radical (unpaired) electrons. The molecular formula is C16H17NO2. The Morgan fingerprint density at radius 1 is 1.21 bits per heavy atom. The second-order valence-electron chi connectivity index (χ2n) is 4.09. The molecule has 1 aromatic carbocycles. The molecule has 0 aliphatic heterocycles. The average molecular weight is 255 g/mol. The highest BCUT2D eigenvalue weighted by molar-refractivity contribution is 6.01. The van der Waals surface area contributed by atoms with Gasteiger partial charge in [-0.25, -0.2) is 0 Å². The minimum atomic E-state index is -0.0296. The topological polar surface area (TPSA) is 46.5 Å². The number of allylic oxidation sites excluding steroid dienone is 3. The zero-order valence-electron chi connectivity index (χ0n) is 11.0. The number of Topliss-reactive ketones (excluding diaryl/α,β-unsaturated/α-hetero) is 2. The third-order valence-electron chi connectivity index (χ3n) is 2.65. The summed E-state index contributed by atoms with van der Waals surface area (Å²) in [5, 5.41) is 0. The van der Waals surface area contributed by atoms with E-state index in [4.69, 9.17) is 0 Å². The van der Waals surface area contributed by atoms with Crippen LogP contribution < -0.4 is 0 Å². The summed E-state index contributed by atoms with van der Waals surface area (Å²) in [6.45, 7) is 5.02. The molecular weight excluding hydrogens is 238 g/mol. The zero-order valence-corrected chi connectivity index (χ0v) is 11.0. The van der Waals surface area contributed by atoms with Crippen molar-refractivity contribution in [3.63, 3.8) is 0 Å². The van der Waals surface area contributed by atoms with Crippen LogP contribution in [0.25, 0.3) is 0 Å². The van der Waals surface area contributed by atoms with Crippen LogP contribution in [0.3, 0.4) is 0 Å². The molecule has 98 valence electrons. The van der Waals surface area contributed by atoms with Crippen molar-refractivity contribution < 1.29 is 9.59 Å². The fourth-order valence-electron chi connectivity index (χ4n) is 1.53. The minimum Gasteiger partial charge on any atom is -0.295 e. The maximum absolute atomic E-state index is 11.8. The Kier molecular flexibility index (Phi) is 6.16. The summed E-state index contributed by atoms with van der Waals surface area (Å²) in [6, 6.07) is 9.00. The van der Waals surface area contributed by atoms with Gasteiger partial charge in [0.05, 0.1) is 0 Å². The summed E-state index contributed by atoms with van der Waals surface area (Å²) < 4.78 is 0. The van der Waals surface area contributed by atoms with Gasteiger partial charge in [0.2, 0.25) is 0 Å². The highest BCUT2D eigenvalue weighted by Gasteiger charge is 2.09. The van der Waals surface area contributed by atoms with Crippen LogP contribution in [0.4, 0.5) is 0 Å². The van der Waals surface area contributed by atoms with Gasteiger partial charge in [0, 0.05) is 24.6 Å². The minimum absolute atomic E-state index is 0.00921. The smallest absolute Gasteiger partial charge is 0.163 e. The van der Waals surface area contributed by atoms with Crippen LogP contribution in [-0.4, -0.2) is 18.3 Å². The lowest BCUT2D eigenvalue weighted by atomic mass is 10.0. The number of carbonyl (C=O) groups excluding carboxylic acids is 2. The van der Waals surface area contributed by atoms with E-state index in [0.717, 1.165) is 0 Å². The van der Waals surface area contributed by atoms with Crippen molar-refractivity contribution >= 4 is 18.3 Å². The lowest BCUT2D eigenvalue weighted by Crippen LogP contribution is -2.05. The van der Waals surface area contributed by atoms with Gasteiger partial charge in [0.15, 0.2) is 11.6 Å². The zero-order chi connectivity index (χ0) is 14.1. The molecule has 3 nitrogen and oxygen atoms in total. The Morgan fingerprint density at radius 3 is 2.53 bits per heavy atom. The van der Waals surface area contributed by atoms with Gasteiger partial charge in [-0.2, -0.15) is 0 Å². The average Bonchev–Trinajstić information content (AvgIpc) is 2.45. The van der Waals surface area contributed by atoms with Gasteiger partial charge in [0.1, 0.15) is 0 Å². The van der Waals surface area contributed by atoms with E-state index >= 15 is 0 Å². The Morgan fingerprint density at radius 2 is 1.89 bits per heavy atom. The Labute approximate surface area is 113 Å². The maximum Gasteiger partial charge on any atom is 0.163 e. The van der Waals surface area contributed by atoms with E-state index in [0.29, 0.717) is 11.1 Å². The number of ketones is 2. The van der Waals surface area contributed by atoms with Crippen LogP contribution in [0.15, 0.2) is 59.2 Å². The summed E-state index contributed by atoms with van der Waals surface area (Å²) in [5.41, 5.74) is 1.26. The number of aliphatic imine (C=N–C) groups is 1. The highest BCUT2D eigenvalue weighted by Crippen LogP contribution is 2.08. The van der Waals surface area contributed by atoms with Gasteiger partial charge < -0.3 is 0 Å². The molecule has 0 aromatic heterocycles. The van der Waals surface area contributed by atoms with Crippen molar-refractivity contribution in [3.8, 4) is 0 Å². The normalized spacial score (nSPS) is 11.5. The van der Waals surface area contributed by atoms with Gasteiger partial charge in [-0.05, 0) is 25.3 Å². The van der Waals surface area contributed by atoms with Crippen molar-refractivity contribution in [2.45, 2.75) is 19.8 Å². The molecule has 0 aliphatic carbocycles. The predicted molar refractivity (Wildman–Crippen MR) is 77.5 cm³/mol. The predicted octanol–water partition coefficient (Wildman–Crippen LogP) is 3.38. The first-order valence-corrected chi connectivity index (χ1v) is 6.06. The Hall–Kier alpha value is -2.29. The van der Waals surface area contributed by atoms with E-state index in [-0.39, 0.29) is 24.4 Å². The fraction of sp³-hybridized carbons (Fsp3) is 0.188. The summed E-state index contributed by atoms with van der Waals surface area (Å²) >= 11 is 0. The molecule has 0 aliphatic rings. The molecule has 0 unspecified atom stereocenters. The van der Waals surface area contributed by atoms with E-state index in [2.05, 4.69) is 11.7 Å². The molecule has 0 saturated carbocycles. The van der Waals surface area contributed by atoms with Crippen molar-refractivity contribution in [1.82, 2.24) is 0 Å². The SMILES string of the molecule is C=N/C=C\C=C(/C)C(=O)CCC(=O)c1ccccc1. The van der Waals surface area contributed by atoms with E-state index in [1.165, 1.54) is 6.20 Å². The Balaban J connectivity index is 2.51. The number of carbonyl (C=O) groups is 2. The van der Waals surface area contributed by atoms with Crippen molar-refractivity contribution in [3.05, 3.63) is 59.8 Å². The lowest BCUT2D eigenvalue weighted by Gasteiger charge is -2.01. The number of nitrogens with zero attached hydrogens (tertiary/aromatic N) is 1. The van der Waals surface area contributed by atoms with E-state index in [1.54, 1.807) is 31.2 Å². The quantitative estimate of drug-likeness (QED) is 0.324. The molecule has 1 aromatic rings. The first-order valence-electron chi connectivity index (χ1n) is 6.06. The monoisotopic (exact) mass is 255 g/mol. The molecule has 0 saturated heterocycles. The molecule has 19 heavy (non-hydrogen) atoms. The van der Waals surface area contributed by atoms with Gasteiger partial charge in [-0.1, -0.05) is 36.4 Å². The third kappa shape index (κ3) is 5.25. The summed E-state index contributed by atoms with van der Waals surface area (Å²) in [6.07, 6.45) is 5.29. The van der Waals surface area contributed by atoms with Crippen LogP contribution in [0, 0.1) is 0 Å². The van der Waals surface area contributed by atoms with E-state index < -0.39 is 0 Å². The third-order valence-corrected chi connectivity index (χ3v) is 2.65. The maximum atomic E-state index is 11.8. The van der Waals surface area contributed by atoms with Crippen LogP contribution in [0.5, 0.6) is 0 Å². The molecule has 0 amide bonds. The molecule has 0 bridgehead atoms. The molecule has 0 atom stereocenters. The van der Waals surface area contributed by atoms with Crippen LogP contribution in [0.2, 0.25) is 0 Å². The van der Waals surface area contributed by atoms with E-state index in [9.17, 15) is 9.59 Å². The van der Waals surface area contributed by atoms with Crippen molar-refractivity contribution in [1.29, 1.82) is 0 Å². The molecule has 0 N–H and O–H groups in total. The molecule has 3 heteroatoms. The molecule has 0 spiro atoms. The fourth-order valence-corrected chi connectivity index (χ4v) is 1.53. The summed E-state index contributed by atoms with van der Waals surface area (Å²) in [4.78, 5) is 27.1. The standard InChI is InChI=1S/C16H17NO2/c1-13(7-6-12-17-2)15(18)10-11-16(19)14-8-4-3-5-9-14/h3-9,12H,2,10-11H2,1H3/b12-6-,13-7+. The Bertz CT molecular complexity index is 513. The highest BCUT2D eigenvalue weighted by atomic mass is 16.1. The van der Waals surface area contributed by atoms with Gasteiger partial charge in [-0.15, -0.1) is 0 Å². The summed E-state index contributed by atoms with van der Waals surface area (Å²) in [5.74, 6) is -0.0388. The lowest BCUT2D eigenvalue weighted by molar-refractivity contribution is -0.115.